The van der Waals surface area contributed by atoms with E-state index in [0.29, 0.717) is 38.8 Å². The fourth-order valence-electron chi connectivity index (χ4n) is 2.75. The fourth-order valence-corrected chi connectivity index (χ4v) is 5.30. The molecule has 3 aromatic rings. The smallest absolute Gasteiger partial charge is 0.282 e. The number of rotatable bonds is 5. The molecule has 0 radical (unpaired) electrons. The van der Waals surface area contributed by atoms with E-state index in [1.165, 1.54) is 33.8 Å². The van der Waals surface area contributed by atoms with Crippen LogP contribution >= 0.6 is 45.9 Å². The minimum Gasteiger partial charge on any atom is -0.380 e. The van der Waals surface area contributed by atoms with E-state index in [1.807, 2.05) is 11.5 Å². The molecule has 2 aromatic heterocycles. The van der Waals surface area contributed by atoms with Crippen LogP contribution in [-0.4, -0.2) is 23.7 Å². The molecule has 0 aliphatic carbocycles. The van der Waals surface area contributed by atoms with Crippen molar-refractivity contribution in [1.82, 2.24) is 4.57 Å². The summed E-state index contributed by atoms with van der Waals surface area (Å²) in [5, 5.41) is 0. The van der Waals surface area contributed by atoms with Gasteiger partial charge in [-0.1, -0.05) is 40.6 Å². The van der Waals surface area contributed by atoms with Gasteiger partial charge in [0.25, 0.3) is 5.91 Å². The number of hydrogen-bond acceptors (Lipinski definition) is 4. The largest absolute Gasteiger partial charge is 0.380 e. The van der Waals surface area contributed by atoms with Crippen molar-refractivity contribution in [2.75, 3.05) is 13.2 Å². The SMILES string of the molecule is CCOCCn1c(=NC(=O)c2cc(Cl)sc2Cl)sc2c(C)cc(C)cc21. The van der Waals surface area contributed by atoms with Crippen molar-refractivity contribution >= 4 is 62.0 Å². The van der Waals surface area contributed by atoms with Crippen LogP contribution in [0.15, 0.2) is 23.2 Å². The van der Waals surface area contributed by atoms with Gasteiger partial charge in [0.1, 0.15) is 4.34 Å². The first-order valence-corrected chi connectivity index (χ1v) is 10.5. The number of hydrogen-bond donors (Lipinski definition) is 0. The number of carbonyl (C=O) groups excluding carboxylic acids is 1. The lowest BCUT2D eigenvalue weighted by Crippen LogP contribution is -2.19. The van der Waals surface area contributed by atoms with E-state index in [9.17, 15) is 4.79 Å². The Bertz CT molecular complexity index is 1030. The number of ether oxygens (including phenoxy) is 1. The van der Waals surface area contributed by atoms with E-state index in [-0.39, 0.29) is 5.91 Å². The number of fused-ring (bicyclic) bond motifs is 1. The highest BCUT2D eigenvalue weighted by atomic mass is 35.5. The first-order valence-electron chi connectivity index (χ1n) is 8.13. The zero-order valence-corrected chi connectivity index (χ0v) is 17.8. The fraction of sp³-hybridized carbons (Fsp3) is 0.333. The van der Waals surface area contributed by atoms with Crippen molar-refractivity contribution in [3.8, 4) is 0 Å². The molecule has 0 fully saturated rings. The highest BCUT2D eigenvalue weighted by Crippen LogP contribution is 2.31. The molecule has 0 aliphatic rings. The number of halogens is 2. The van der Waals surface area contributed by atoms with Crippen molar-refractivity contribution in [3.63, 3.8) is 0 Å². The standard InChI is InChI=1S/C18H18Cl2N2O2S2/c1-4-24-6-5-22-13-8-10(2)7-11(3)15(13)26-18(22)21-17(23)12-9-14(19)25-16(12)20/h7-9H,4-6H2,1-3H3. The Balaban J connectivity index is 2.14. The third-order valence-electron chi connectivity index (χ3n) is 3.86. The Morgan fingerprint density at radius 1 is 1.23 bits per heavy atom. The maximum atomic E-state index is 12.6. The summed E-state index contributed by atoms with van der Waals surface area (Å²) in [4.78, 5) is 17.6. The number of aryl methyl sites for hydroxylation is 2. The second-order valence-corrected chi connectivity index (χ2v) is 9.08. The minimum atomic E-state index is -0.385. The normalized spacial score (nSPS) is 12.3. The van der Waals surface area contributed by atoms with Gasteiger partial charge in [-0.3, -0.25) is 4.79 Å². The summed E-state index contributed by atoms with van der Waals surface area (Å²) in [7, 11) is 0. The molecule has 1 amide bonds. The predicted octanol–water partition coefficient (Wildman–Crippen LogP) is 5.47. The van der Waals surface area contributed by atoms with Crippen molar-refractivity contribution in [2.45, 2.75) is 27.3 Å². The summed E-state index contributed by atoms with van der Waals surface area (Å²) in [5.41, 5.74) is 3.74. The number of thiazole rings is 1. The van der Waals surface area contributed by atoms with Crippen LogP contribution in [0, 0.1) is 13.8 Å². The average Bonchev–Trinajstić information content (AvgIpc) is 3.08. The van der Waals surface area contributed by atoms with E-state index in [0.717, 1.165) is 10.2 Å². The van der Waals surface area contributed by atoms with Crippen molar-refractivity contribution in [2.24, 2.45) is 4.99 Å². The molecule has 26 heavy (non-hydrogen) atoms. The molecule has 0 N–H and O–H groups in total. The maximum absolute atomic E-state index is 12.6. The van der Waals surface area contributed by atoms with Gasteiger partial charge in [0, 0.05) is 13.2 Å². The van der Waals surface area contributed by atoms with E-state index in [2.05, 4.69) is 31.0 Å². The molecule has 0 aliphatic heterocycles. The van der Waals surface area contributed by atoms with Crippen LogP contribution in [0.3, 0.4) is 0 Å². The van der Waals surface area contributed by atoms with E-state index < -0.39 is 0 Å². The Labute approximate surface area is 169 Å². The van der Waals surface area contributed by atoms with Crippen LogP contribution < -0.4 is 4.80 Å². The number of nitrogens with zero attached hydrogens (tertiary/aromatic N) is 2. The van der Waals surface area contributed by atoms with Gasteiger partial charge in [-0.15, -0.1) is 11.3 Å². The van der Waals surface area contributed by atoms with Crippen LogP contribution in [0.4, 0.5) is 0 Å². The van der Waals surface area contributed by atoms with Gasteiger partial charge < -0.3 is 9.30 Å². The van der Waals surface area contributed by atoms with Crippen LogP contribution in [0.5, 0.6) is 0 Å². The van der Waals surface area contributed by atoms with Gasteiger partial charge >= 0.3 is 0 Å². The van der Waals surface area contributed by atoms with Crippen molar-refractivity contribution in [3.05, 3.63) is 48.4 Å². The molecule has 0 spiro atoms. The van der Waals surface area contributed by atoms with Gasteiger partial charge in [0.15, 0.2) is 4.80 Å². The van der Waals surface area contributed by atoms with E-state index in [1.54, 1.807) is 6.07 Å². The lowest BCUT2D eigenvalue weighted by molar-refractivity contribution is 0.0997. The molecule has 8 heteroatoms. The topological polar surface area (TPSA) is 43.6 Å². The number of amides is 1. The van der Waals surface area contributed by atoms with Gasteiger partial charge in [-0.2, -0.15) is 4.99 Å². The Morgan fingerprint density at radius 2 is 2.00 bits per heavy atom. The highest BCUT2D eigenvalue weighted by Gasteiger charge is 2.15. The molecule has 1 aromatic carbocycles. The van der Waals surface area contributed by atoms with Gasteiger partial charge in [-0.05, 0) is 44.0 Å². The molecule has 0 bridgehead atoms. The molecule has 0 atom stereocenters. The number of aromatic nitrogens is 1. The molecule has 138 valence electrons. The van der Waals surface area contributed by atoms with Crippen LogP contribution in [0.25, 0.3) is 10.2 Å². The van der Waals surface area contributed by atoms with Gasteiger partial charge in [-0.25, -0.2) is 0 Å². The quantitative estimate of drug-likeness (QED) is 0.505. The summed E-state index contributed by atoms with van der Waals surface area (Å²) in [5.74, 6) is -0.385. The molecule has 3 rings (SSSR count). The Hall–Kier alpha value is -1.18. The number of thiophene rings is 1. The van der Waals surface area contributed by atoms with Crippen LogP contribution in [0.1, 0.15) is 28.4 Å². The molecule has 0 unspecified atom stereocenters. The Morgan fingerprint density at radius 3 is 2.65 bits per heavy atom. The third kappa shape index (κ3) is 4.05. The minimum absolute atomic E-state index is 0.336. The zero-order chi connectivity index (χ0) is 18.8. The van der Waals surface area contributed by atoms with Crippen molar-refractivity contribution in [1.29, 1.82) is 0 Å². The summed E-state index contributed by atoms with van der Waals surface area (Å²) in [6.45, 7) is 7.92. The molecular formula is C18H18Cl2N2O2S2. The summed E-state index contributed by atoms with van der Waals surface area (Å²) in [6, 6.07) is 5.81. The van der Waals surface area contributed by atoms with Crippen molar-refractivity contribution < 1.29 is 9.53 Å². The average molecular weight is 429 g/mol. The zero-order valence-electron chi connectivity index (χ0n) is 14.6. The second-order valence-electron chi connectivity index (χ2n) is 5.82. The molecule has 0 saturated heterocycles. The lowest BCUT2D eigenvalue weighted by Gasteiger charge is -2.06. The molecular weight excluding hydrogens is 411 g/mol. The predicted molar refractivity (Wildman–Crippen MR) is 110 cm³/mol. The number of carbonyl (C=O) groups is 1. The Kier molecular flexibility index (Phi) is 6.20. The van der Waals surface area contributed by atoms with Crippen LogP contribution in [0.2, 0.25) is 8.67 Å². The second kappa shape index (κ2) is 8.23. The van der Waals surface area contributed by atoms with E-state index >= 15 is 0 Å². The van der Waals surface area contributed by atoms with Gasteiger partial charge in [0.05, 0.1) is 26.7 Å². The first-order chi connectivity index (χ1) is 12.4. The van der Waals surface area contributed by atoms with Crippen LogP contribution in [-0.2, 0) is 11.3 Å². The molecule has 0 saturated carbocycles. The first kappa shape index (κ1) is 19.6. The monoisotopic (exact) mass is 428 g/mol. The molecule has 4 nitrogen and oxygen atoms in total. The third-order valence-corrected chi connectivity index (χ3v) is 6.58. The van der Waals surface area contributed by atoms with E-state index in [4.69, 9.17) is 27.9 Å². The summed E-state index contributed by atoms with van der Waals surface area (Å²) < 4.78 is 9.49. The molecule has 2 heterocycles. The summed E-state index contributed by atoms with van der Waals surface area (Å²) in [6.07, 6.45) is 0. The summed E-state index contributed by atoms with van der Waals surface area (Å²) >= 11 is 14.7. The highest BCUT2D eigenvalue weighted by molar-refractivity contribution is 7.20. The number of benzene rings is 1. The lowest BCUT2D eigenvalue weighted by atomic mass is 10.1. The van der Waals surface area contributed by atoms with Gasteiger partial charge in [0.2, 0.25) is 0 Å². The maximum Gasteiger partial charge on any atom is 0.282 e.